The van der Waals surface area contributed by atoms with E-state index >= 15 is 0 Å². The van der Waals surface area contributed by atoms with Crippen LogP contribution in [0.5, 0.6) is 0 Å². The predicted octanol–water partition coefficient (Wildman–Crippen LogP) is 5.37. The maximum atomic E-state index is 12.8. The van der Waals surface area contributed by atoms with Gasteiger partial charge in [-0.15, -0.1) is 0 Å². The first-order chi connectivity index (χ1) is 10.9. The first kappa shape index (κ1) is 15.8. The fourth-order valence-electron chi connectivity index (χ4n) is 2.28. The molecule has 3 rings (SSSR count). The lowest BCUT2D eigenvalue weighted by molar-refractivity contribution is -0.137. The molecule has 0 spiro atoms. The van der Waals surface area contributed by atoms with E-state index in [0.29, 0.717) is 16.3 Å². The summed E-state index contributed by atoms with van der Waals surface area (Å²) in [6, 6.07) is 11.1. The molecule has 0 atom stereocenters. The minimum atomic E-state index is -4.45. The molecule has 23 heavy (non-hydrogen) atoms. The maximum absolute atomic E-state index is 12.8. The fourth-order valence-corrected chi connectivity index (χ4v) is 2.63. The monoisotopic (exact) mass is 382 g/mol. The molecule has 0 bridgehead atoms. The average Bonchev–Trinajstić information content (AvgIpc) is 2.54. The Morgan fingerprint density at radius 3 is 2.52 bits per heavy atom. The van der Waals surface area contributed by atoms with Crippen LogP contribution in [0.4, 0.5) is 13.2 Å². The average molecular weight is 383 g/mol. The Balaban J connectivity index is 2.16. The highest BCUT2D eigenvalue weighted by Crippen LogP contribution is 2.32. The third-order valence-corrected chi connectivity index (χ3v) is 4.07. The summed E-state index contributed by atoms with van der Waals surface area (Å²) < 4.78 is 44.0. The van der Waals surface area contributed by atoms with Crippen LogP contribution in [0, 0.1) is 0 Å². The highest BCUT2D eigenvalue weighted by molar-refractivity contribution is 9.08. The van der Waals surface area contributed by atoms with Gasteiger partial charge in [-0.25, -0.2) is 0 Å². The number of benzene rings is 2. The number of fused-ring (bicyclic) bond motifs is 1. The lowest BCUT2D eigenvalue weighted by Crippen LogP contribution is -2.05. The van der Waals surface area contributed by atoms with Crippen LogP contribution in [0.2, 0.25) is 0 Å². The Bertz CT molecular complexity index is 929. The van der Waals surface area contributed by atoms with Crippen LogP contribution in [0.15, 0.2) is 57.7 Å². The van der Waals surface area contributed by atoms with Crippen molar-refractivity contribution in [2.75, 3.05) is 0 Å². The summed E-state index contributed by atoms with van der Waals surface area (Å²) in [7, 11) is 0. The topological polar surface area (TPSA) is 30.2 Å². The zero-order chi connectivity index (χ0) is 16.6. The van der Waals surface area contributed by atoms with Crippen molar-refractivity contribution in [2.45, 2.75) is 11.5 Å². The van der Waals surface area contributed by atoms with Gasteiger partial charge in [0.15, 0.2) is 5.43 Å². The van der Waals surface area contributed by atoms with Crippen LogP contribution >= 0.6 is 15.9 Å². The molecule has 0 aliphatic heterocycles. The van der Waals surface area contributed by atoms with Gasteiger partial charge in [0.1, 0.15) is 11.3 Å². The Morgan fingerprint density at radius 2 is 1.83 bits per heavy atom. The number of hydrogen-bond acceptors (Lipinski definition) is 2. The van der Waals surface area contributed by atoms with Crippen LogP contribution < -0.4 is 5.43 Å². The Morgan fingerprint density at radius 1 is 1.04 bits per heavy atom. The van der Waals surface area contributed by atoms with Crippen LogP contribution in [0.1, 0.15) is 11.1 Å². The minimum Gasteiger partial charge on any atom is -0.456 e. The SMILES string of the molecule is O=c1cc(-c2cccc(C(F)(F)F)c2)oc2ccc(CBr)cc12. The molecule has 0 saturated heterocycles. The van der Waals surface area contributed by atoms with Crippen LogP contribution in [0.25, 0.3) is 22.3 Å². The minimum absolute atomic E-state index is 0.111. The molecule has 0 aliphatic carbocycles. The van der Waals surface area contributed by atoms with Crippen molar-refractivity contribution in [1.29, 1.82) is 0 Å². The van der Waals surface area contributed by atoms with E-state index < -0.39 is 11.7 Å². The summed E-state index contributed by atoms with van der Waals surface area (Å²) in [6.45, 7) is 0. The van der Waals surface area contributed by atoms with Gasteiger partial charge in [0, 0.05) is 17.0 Å². The first-order valence-electron chi connectivity index (χ1n) is 6.69. The highest BCUT2D eigenvalue weighted by atomic mass is 79.9. The van der Waals surface area contributed by atoms with Crippen molar-refractivity contribution in [3.8, 4) is 11.3 Å². The molecule has 2 aromatic carbocycles. The van der Waals surface area contributed by atoms with Gasteiger partial charge in [-0.05, 0) is 29.8 Å². The molecule has 0 radical (unpaired) electrons. The first-order valence-corrected chi connectivity index (χ1v) is 7.81. The van der Waals surface area contributed by atoms with Gasteiger partial charge in [-0.3, -0.25) is 4.79 Å². The standard InChI is InChI=1S/C17H10BrF3O2/c18-9-10-4-5-15-13(6-10)14(22)8-16(23-15)11-2-1-3-12(7-11)17(19,20)21/h1-8H,9H2. The van der Waals surface area contributed by atoms with Crippen molar-refractivity contribution < 1.29 is 17.6 Å². The van der Waals surface area contributed by atoms with Crippen molar-refractivity contribution in [3.05, 3.63) is 69.9 Å². The molecule has 0 fully saturated rings. The van der Waals surface area contributed by atoms with E-state index in [-0.39, 0.29) is 16.8 Å². The second-order valence-electron chi connectivity index (χ2n) is 5.02. The predicted molar refractivity (Wildman–Crippen MR) is 85.6 cm³/mol. The summed E-state index contributed by atoms with van der Waals surface area (Å²) in [4.78, 5) is 12.2. The molecule has 1 aromatic heterocycles. The van der Waals surface area contributed by atoms with E-state index in [2.05, 4.69) is 15.9 Å². The second kappa shape index (κ2) is 5.85. The van der Waals surface area contributed by atoms with E-state index in [1.54, 1.807) is 18.2 Å². The summed E-state index contributed by atoms with van der Waals surface area (Å²) in [5, 5.41) is 0.996. The largest absolute Gasteiger partial charge is 0.456 e. The van der Waals surface area contributed by atoms with Gasteiger partial charge in [0.05, 0.1) is 10.9 Å². The Labute approximate surface area is 137 Å². The van der Waals surface area contributed by atoms with Crippen molar-refractivity contribution >= 4 is 26.9 Å². The summed E-state index contributed by atoms with van der Waals surface area (Å²) in [5.74, 6) is 0.111. The Hall–Kier alpha value is -2.08. The molecule has 0 N–H and O–H groups in total. The van der Waals surface area contributed by atoms with Crippen LogP contribution in [-0.4, -0.2) is 0 Å². The molecular weight excluding hydrogens is 373 g/mol. The van der Waals surface area contributed by atoms with Gasteiger partial charge in [0.25, 0.3) is 0 Å². The Kier molecular flexibility index (Phi) is 4.02. The molecule has 118 valence electrons. The molecule has 3 aromatic rings. The zero-order valence-electron chi connectivity index (χ0n) is 11.7. The third-order valence-electron chi connectivity index (χ3n) is 3.42. The van der Waals surface area contributed by atoms with Gasteiger partial charge in [-0.1, -0.05) is 34.1 Å². The van der Waals surface area contributed by atoms with Crippen LogP contribution in [-0.2, 0) is 11.5 Å². The number of alkyl halides is 4. The number of rotatable bonds is 2. The molecular formula is C17H10BrF3O2. The van der Waals surface area contributed by atoms with E-state index in [0.717, 1.165) is 17.7 Å². The number of hydrogen-bond donors (Lipinski definition) is 0. The van der Waals surface area contributed by atoms with Gasteiger partial charge in [0.2, 0.25) is 0 Å². The molecule has 1 heterocycles. The normalized spacial score (nSPS) is 11.8. The van der Waals surface area contributed by atoms with Gasteiger partial charge >= 0.3 is 6.18 Å². The van der Waals surface area contributed by atoms with E-state index in [1.165, 1.54) is 18.2 Å². The zero-order valence-corrected chi connectivity index (χ0v) is 13.2. The van der Waals surface area contributed by atoms with E-state index in [4.69, 9.17) is 4.42 Å². The molecule has 0 saturated carbocycles. The smallest absolute Gasteiger partial charge is 0.416 e. The molecule has 0 amide bonds. The van der Waals surface area contributed by atoms with Crippen molar-refractivity contribution in [2.24, 2.45) is 0 Å². The lowest BCUT2D eigenvalue weighted by Gasteiger charge is -2.09. The summed E-state index contributed by atoms with van der Waals surface area (Å²) in [5.41, 5.74) is 0.392. The fraction of sp³-hybridized carbons (Fsp3) is 0.118. The molecule has 0 unspecified atom stereocenters. The van der Waals surface area contributed by atoms with Crippen LogP contribution in [0.3, 0.4) is 0 Å². The third kappa shape index (κ3) is 3.17. The molecule has 0 aliphatic rings. The molecule has 6 heteroatoms. The van der Waals surface area contributed by atoms with Gasteiger partial charge in [-0.2, -0.15) is 13.2 Å². The summed E-state index contributed by atoms with van der Waals surface area (Å²) >= 11 is 3.31. The number of halogens is 4. The van der Waals surface area contributed by atoms with E-state index in [1.807, 2.05) is 0 Å². The van der Waals surface area contributed by atoms with Crippen molar-refractivity contribution in [1.82, 2.24) is 0 Å². The van der Waals surface area contributed by atoms with Gasteiger partial charge < -0.3 is 4.42 Å². The van der Waals surface area contributed by atoms with E-state index in [9.17, 15) is 18.0 Å². The summed E-state index contributed by atoms with van der Waals surface area (Å²) in [6.07, 6.45) is -4.45. The molecule has 2 nitrogen and oxygen atoms in total. The van der Waals surface area contributed by atoms with Crippen molar-refractivity contribution in [3.63, 3.8) is 0 Å². The quantitative estimate of drug-likeness (QED) is 0.557. The second-order valence-corrected chi connectivity index (χ2v) is 5.58. The maximum Gasteiger partial charge on any atom is 0.416 e. The lowest BCUT2D eigenvalue weighted by atomic mass is 10.1. The highest BCUT2D eigenvalue weighted by Gasteiger charge is 2.30.